The molecule has 2 aliphatic heterocycles. The Balaban J connectivity index is 3.03. The number of nitrogens with zero attached hydrogens (tertiary/aromatic N) is 1. The summed E-state index contributed by atoms with van der Waals surface area (Å²) in [6, 6.07) is -0.868. The summed E-state index contributed by atoms with van der Waals surface area (Å²) in [5.41, 5.74) is 0.191. The number of rotatable bonds is 4. The number of allylic oxidation sites excluding steroid dienone is 2. The normalized spacial score (nSPS) is 18.6. The second-order valence-corrected chi connectivity index (χ2v) is 6.05. The van der Waals surface area contributed by atoms with E-state index in [1.54, 1.807) is 26.1 Å². The largest absolute Gasteiger partial charge is 0.466 e. The number of carbonyl (C=O) groups is 4. The van der Waals surface area contributed by atoms with Crippen LogP contribution in [0.1, 0.15) is 13.8 Å². The van der Waals surface area contributed by atoms with E-state index in [1.807, 2.05) is 0 Å². The lowest BCUT2D eigenvalue weighted by Gasteiger charge is -2.40. The number of hydrogen-bond donors (Lipinski definition) is 0. The first kappa shape index (κ1) is 20.9. The molecule has 2 aliphatic rings. The van der Waals surface area contributed by atoms with Crippen molar-refractivity contribution in [3.05, 3.63) is 45.8 Å². The van der Waals surface area contributed by atoms with Crippen molar-refractivity contribution < 1.29 is 38.1 Å². The zero-order valence-corrected chi connectivity index (χ0v) is 16.4. The van der Waals surface area contributed by atoms with E-state index in [0.717, 1.165) is 34.0 Å². The minimum Gasteiger partial charge on any atom is -0.466 e. The molecule has 9 heteroatoms. The van der Waals surface area contributed by atoms with Crippen LogP contribution in [0.5, 0.6) is 0 Å². The highest BCUT2D eigenvalue weighted by molar-refractivity contribution is 6.17. The lowest BCUT2D eigenvalue weighted by Crippen LogP contribution is -2.46. The Morgan fingerprint density at radius 3 is 1.79 bits per heavy atom. The summed E-state index contributed by atoms with van der Waals surface area (Å²) in [5.74, 6) is -3.71. The molecule has 0 fully saturated rings. The molecule has 0 bridgehead atoms. The fourth-order valence-electron chi connectivity index (χ4n) is 3.31. The van der Waals surface area contributed by atoms with Crippen LogP contribution in [0.25, 0.3) is 0 Å². The summed E-state index contributed by atoms with van der Waals surface area (Å²) in [6.45, 7) is 3.51. The standard InChI is InChI=1S/C19H21NO8/c1-9-7-10(2)14-12(17(22)26-4)11(16(21)25-3)13(18(23)27-5)15(19(24)28-6)20(14)8-9/h7-8,14H,1-6H3/t14-/m1/s1. The number of esters is 4. The summed E-state index contributed by atoms with van der Waals surface area (Å²) >= 11 is 0. The van der Waals surface area contributed by atoms with E-state index >= 15 is 0 Å². The van der Waals surface area contributed by atoms with Gasteiger partial charge < -0.3 is 23.8 Å². The van der Waals surface area contributed by atoms with Crippen molar-refractivity contribution in [1.82, 2.24) is 4.90 Å². The maximum absolute atomic E-state index is 12.6. The molecule has 0 N–H and O–H groups in total. The molecule has 0 amide bonds. The summed E-state index contributed by atoms with van der Waals surface area (Å²) < 4.78 is 19.2. The summed E-state index contributed by atoms with van der Waals surface area (Å²) in [6.07, 6.45) is 3.36. The molecule has 150 valence electrons. The van der Waals surface area contributed by atoms with Gasteiger partial charge in [0.05, 0.1) is 45.6 Å². The lowest BCUT2D eigenvalue weighted by molar-refractivity contribution is -0.143. The predicted molar refractivity (Wildman–Crippen MR) is 95.3 cm³/mol. The molecular weight excluding hydrogens is 370 g/mol. The van der Waals surface area contributed by atoms with Gasteiger partial charge in [0.15, 0.2) is 0 Å². The molecule has 0 aromatic rings. The predicted octanol–water partition coefficient (Wildman–Crippen LogP) is 0.777. The first-order valence-electron chi connectivity index (χ1n) is 8.20. The molecule has 28 heavy (non-hydrogen) atoms. The van der Waals surface area contributed by atoms with Crippen LogP contribution < -0.4 is 0 Å². The van der Waals surface area contributed by atoms with Gasteiger partial charge >= 0.3 is 23.9 Å². The first-order valence-corrected chi connectivity index (χ1v) is 8.20. The molecule has 2 heterocycles. The quantitative estimate of drug-likeness (QED) is 0.507. The third-order valence-electron chi connectivity index (χ3n) is 4.36. The lowest BCUT2D eigenvalue weighted by atomic mass is 9.83. The van der Waals surface area contributed by atoms with Crippen LogP contribution in [-0.2, 0) is 38.1 Å². The highest BCUT2D eigenvalue weighted by Gasteiger charge is 2.47. The minimum atomic E-state index is -1.00. The van der Waals surface area contributed by atoms with E-state index in [9.17, 15) is 19.2 Å². The molecule has 0 spiro atoms. The van der Waals surface area contributed by atoms with Crippen LogP contribution in [0.3, 0.4) is 0 Å². The topological polar surface area (TPSA) is 108 Å². The van der Waals surface area contributed by atoms with Crippen LogP contribution in [0.15, 0.2) is 45.8 Å². The number of methoxy groups -OCH3 is 4. The third kappa shape index (κ3) is 3.30. The second kappa shape index (κ2) is 8.12. The van der Waals surface area contributed by atoms with E-state index < -0.39 is 41.1 Å². The SMILES string of the molecule is COC(=O)C1=C(C(=O)OC)[C@H]2C(C)=CC(C)=CN2C(C(=O)OC)=C1C(=O)OC. The smallest absolute Gasteiger partial charge is 0.355 e. The highest BCUT2D eigenvalue weighted by atomic mass is 16.5. The Morgan fingerprint density at radius 1 is 0.786 bits per heavy atom. The summed E-state index contributed by atoms with van der Waals surface area (Å²) in [4.78, 5) is 51.8. The molecule has 0 aliphatic carbocycles. The van der Waals surface area contributed by atoms with Crippen LogP contribution in [-0.4, -0.2) is 63.3 Å². The van der Waals surface area contributed by atoms with Crippen molar-refractivity contribution in [2.75, 3.05) is 28.4 Å². The molecule has 0 saturated heterocycles. The van der Waals surface area contributed by atoms with Gasteiger partial charge in [-0.25, -0.2) is 19.2 Å². The monoisotopic (exact) mass is 391 g/mol. The zero-order valence-electron chi connectivity index (χ0n) is 16.4. The minimum absolute atomic E-state index is 0.139. The Morgan fingerprint density at radius 2 is 1.29 bits per heavy atom. The van der Waals surface area contributed by atoms with Gasteiger partial charge in [0.1, 0.15) is 11.3 Å². The molecule has 1 atom stereocenters. The van der Waals surface area contributed by atoms with Crippen LogP contribution in [0, 0.1) is 0 Å². The third-order valence-corrected chi connectivity index (χ3v) is 4.36. The number of fused-ring (bicyclic) bond motifs is 1. The average molecular weight is 391 g/mol. The maximum atomic E-state index is 12.6. The summed E-state index contributed by atoms with van der Waals surface area (Å²) in [7, 11) is 4.47. The molecule has 0 radical (unpaired) electrons. The van der Waals surface area contributed by atoms with Gasteiger partial charge in [-0.2, -0.15) is 0 Å². The Kier molecular flexibility index (Phi) is 6.07. The Bertz CT molecular complexity index is 874. The number of ether oxygens (including phenoxy) is 4. The van der Waals surface area contributed by atoms with E-state index in [2.05, 4.69) is 0 Å². The highest BCUT2D eigenvalue weighted by Crippen LogP contribution is 2.40. The van der Waals surface area contributed by atoms with Crippen molar-refractivity contribution in [2.45, 2.75) is 19.9 Å². The van der Waals surface area contributed by atoms with E-state index in [1.165, 1.54) is 4.90 Å². The van der Waals surface area contributed by atoms with Crippen molar-refractivity contribution in [3.8, 4) is 0 Å². The average Bonchev–Trinajstić information content (AvgIpc) is 2.69. The van der Waals surface area contributed by atoms with Gasteiger partial charge in [-0.15, -0.1) is 0 Å². The van der Waals surface area contributed by atoms with E-state index in [-0.39, 0.29) is 11.3 Å². The van der Waals surface area contributed by atoms with E-state index in [0.29, 0.717) is 5.57 Å². The molecule has 0 aromatic carbocycles. The Labute approximate surface area is 161 Å². The molecular formula is C19H21NO8. The molecule has 0 aromatic heterocycles. The molecule has 2 rings (SSSR count). The van der Waals surface area contributed by atoms with Crippen molar-refractivity contribution in [1.29, 1.82) is 0 Å². The van der Waals surface area contributed by atoms with Crippen LogP contribution in [0.2, 0.25) is 0 Å². The van der Waals surface area contributed by atoms with Crippen molar-refractivity contribution in [2.24, 2.45) is 0 Å². The zero-order chi connectivity index (χ0) is 21.2. The molecule has 0 saturated carbocycles. The maximum Gasteiger partial charge on any atom is 0.355 e. The number of carbonyl (C=O) groups excluding carboxylic acids is 4. The second-order valence-electron chi connectivity index (χ2n) is 6.05. The number of hydrogen-bond acceptors (Lipinski definition) is 9. The van der Waals surface area contributed by atoms with Gasteiger partial charge in [0.25, 0.3) is 0 Å². The van der Waals surface area contributed by atoms with Gasteiger partial charge in [0.2, 0.25) is 0 Å². The molecule has 0 unspecified atom stereocenters. The van der Waals surface area contributed by atoms with Gasteiger partial charge in [-0.05, 0) is 25.0 Å². The van der Waals surface area contributed by atoms with Gasteiger partial charge in [-0.3, -0.25) is 0 Å². The summed E-state index contributed by atoms with van der Waals surface area (Å²) in [5, 5.41) is 0. The Hall–Kier alpha value is -3.36. The van der Waals surface area contributed by atoms with Gasteiger partial charge in [0, 0.05) is 6.20 Å². The first-order chi connectivity index (χ1) is 13.2. The van der Waals surface area contributed by atoms with Gasteiger partial charge in [-0.1, -0.05) is 6.08 Å². The van der Waals surface area contributed by atoms with Crippen LogP contribution in [0.4, 0.5) is 0 Å². The van der Waals surface area contributed by atoms with Crippen LogP contribution >= 0.6 is 0 Å². The molecule has 9 nitrogen and oxygen atoms in total. The van der Waals surface area contributed by atoms with Crippen molar-refractivity contribution in [3.63, 3.8) is 0 Å². The fourth-order valence-corrected chi connectivity index (χ4v) is 3.31. The van der Waals surface area contributed by atoms with Crippen molar-refractivity contribution >= 4 is 23.9 Å². The van der Waals surface area contributed by atoms with E-state index in [4.69, 9.17) is 18.9 Å². The fraction of sp³-hybridized carbons (Fsp3) is 0.368.